The van der Waals surface area contributed by atoms with Gasteiger partial charge in [0.15, 0.2) is 10.9 Å². The van der Waals surface area contributed by atoms with E-state index in [1.807, 2.05) is 29.9 Å². The average molecular weight is 447 g/mol. The van der Waals surface area contributed by atoms with Crippen molar-refractivity contribution in [3.8, 4) is 0 Å². The lowest BCUT2D eigenvalue weighted by molar-refractivity contribution is 0.0718. The number of aryl methyl sites for hydroxylation is 1. The molecule has 1 amide bonds. The van der Waals surface area contributed by atoms with Crippen LogP contribution in [0.4, 0.5) is 5.69 Å². The molecule has 1 aromatic carbocycles. The lowest BCUT2D eigenvalue weighted by Crippen LogP contribution is -2.37. The maximum absolute atomic E-state index is 13.1. The van der Waals surface area contributed by atoms with E-state index in [1.165, 1.54) is 22.3 Å². The molecule has 30 heavy (non-hydrogen) atoms. The molecule has 1 aliphatic rings. The molecule has 4 rings (SSSR count). The Balaban J connectivity index is 1.50. The van der Waals surface area contributed by atoms with E-state index in [-0.39, 0.29) is 24.8 Å². The van der Waals surface area contributed by atoms with Crippen molar-refractivity contribution in [3.63, 3.8) is 0 Å². The van der Waals surface area contributed by atoms with Gasteiger partial charge in [-0.1, -0.05) is 30.0 Å². The number of anilines is 1. The largest absolute Gasteiger partial charge is 0.455 e. The highest BCUT2D eigenvalue weighted by atomic mass is 32.2. The van der Waals surface area contributed by atoms with E-state index < -0.39 is 10.0 Å². The maximum atomic E-state index is 13.1. The quantitative estimate of drug-likeness (QED) is 0.560. The fraction of sp³-hybridized carbons (Fsp3) is 0.300. The predicted molar refractivity (Wildman–Crippen MR) is 115 cm³/mol. The summed E-state index contributed by atoms with van der Waals surface area (Å²) in [5, 5.41) is 0.865. The number of carbonyl (C=O) groups excluding carboxylic acids is 1. The molecule has 0 aliphatic carbocycles. The molecular formula is C20H22N4O4S2. The number of benzene rings is 1. The number of furan rings is 1. The van der Waals surface area contributed by atoms with Crippen LogP contribution < -0.4 is 4.31 Å². The van der Waals surface area contributed by atoms with Gasteiger partial charge in [-0.3, -0.25) is 9.10 Å². The van der Waals surface area contributed by atoms with Crippen molar-refractivity contribution in [2.24, 2.45) is 7.05 Å². The number of carbonyl (C=O) groups is 1. The van der Waals surface area contributed by atoms with Crippen LogP contribution >= 0.6 is 11.8 Å². The highest BCUT2D eigenvalue weighted by Crippen LogP contribution is 2.28. The van der Waals surface area contributed by atoms with E-state index in [2.05, 4.69) is 4.98 Å². The van der Waals surface area contributed by atoms with Crippen LogP contribution in [0.25, 0.3) is 0 Å². The number of rotatable bonds is 5. The number of nitrogens with zero attached hydrogens (tertiary/aromatic N) is 4. The Kier molecular flexibility index (Phi) is 5.61. The van der Waals surface area contributed by atoms with Crippen molar-refractivity contribution >= 4 is 33.4 Å². The molecular weight excluding hydrogens is 424 g/mol. The van der Waals surface area contributed by atoms with E-state index in [0.29, 0.717) is 23.7 Å². The highest BCUT2D eigenvalue weighted by molar-refractivity contribution is 7.98. The molecule has 0 atom stereocenters. The number of thioether (sulfide) groups is 1. The molecule has 0 N–H and O–H groups in total. The Labute approximate surface area is 179 Å². The normalized spacial score (nSPS) is 14.5. The first kappa shape index (κ1) is 20.5. The van der Waals surface area contributed by atoms with Crippen LogP contribution in [-0.4, -0.2) is 48.1 Å². The first-order chi connectivity index (χ1) is 14.3. The van der Waals surface area contributed by atoms with Crippen molar-refractivity contribution in [1.82, 2.24) is 14.5 Å². The van der Waals surface area contributed by atoms with E-state index >= 15 is 0 Å². The van der Waals surface area contributed by atoms with Gasteiger partial charge in [0.2, 0.25) is 10.0 Å². The molecule has 158 valence electrons. The van der Waals surface area contributed by atoms with Crippen LogP contribution in [0.15, 0.2) is 58.4 Å². The molecule has 0 fully saturated rings. The van der Waals surface area contributed by atoms with Gasteiger partial charge < -0.3 is 13.9 Å². The summed E-state index contributed by atoms with van der Waals surface area (Å²) in [7, 11) is -1.52. The molecule has 3 aromatic rings. The highest BCUT2D eigenvalue weighted by Gasteiger charge is 2.28. The van der Waals surface area contributed by atoms with Gasteiger partial charge in [-0.15, -0.1) is 0 Å². The van der Waals surface area contributed by atoms with E-state index in [0.717, 1.165) is 10.7 Å². The van der Waals surface area contributed by atoms with E-state index in [4.69, 9.17) is 4.42 Å². The maximum Gasteiger partial charge on any atom is 0.289 e. The van der Waals surface area contributed by atoms with Crippen molar-refractivity contribution in [3.05, 3.63) is 65.9 Å². The standard InChI is InChI=1S/C20H22N4O4S2/c1-22-10-9-21-20(22)29-14-16-7-8-18(28-16)19(25)23-11-12-24(30(2,26)27)17-6-4-3-5-15(17)13-23/h3-10H,11-14H2,1-2H3. The van der Waals surface area contributed by atoms with Crippen molar-refractivity contribution in [2.75, 3.05) is 23.7 Å². The summed E-state index contributed by atoms with van der Waals surface area (Å²) in [6, 6.07) is 10.7. The zero-order chi connectivity index (χ0) is 21.3. The minimum atomic E-state index is -3.44. The van der Waals surface area contributed by atoms with Gasteiger partial charge in [0, 0.05) is 32.5 Å². The minimum Gasteiger partial charge on any atom is -0.455 e. The number of hydrogen-bond acceptors (Lipinski definition) is 6. The van der Waals surface area contributed by atoms with Crippen molar-refractivity contribution in [2.45, 2.75) is 17.5 Å². The number of hydrogen-bond donors (Lipinski definition) is 0. The Morgan fingerprint density at radius 1 is 1.20 bits per heavy atom. The Morgan fingerprint density at radius 3 is 2.73 bits per heavy atom. The molecule has 3 heterocycles. The number of imidazole rings is 1. The second-order valence-electron chi connectivity index (χ2n) is 7.07. The third-order valence-electron chi connectivity index (χ3n) is 4.88. The number of para-hydroxylation sites is 1. The Morgan fingerprint density at radius 2 is 2.00 bits per heavy atom. The first-order valence-corrected chi connectivity index (χ1v) is 12.2. The van der Waals surface area contributed by atoms with Crippen LogP contribution in [-0.2, 0) is 29.4 Å². The first-order valence-electron chi connectivity index (χ1n) is 9.36. The monoisotopic (exact) mass is 446 g/mol. The molecule has 0 unspecified atom stereocenters. The average Bonchev–Trinajstić information content (AvgIpc) is 3.28. The van der Waals surface area contributed by atoms with Crippen LogP contribution in [0.2, 0.25) is 0 Å². The van der Waals surface area contributed by atoms with Crippen molar-refractivity contribution in [1.29, 1.82) is 0 Å². The third-order valence-corrected chi connectivity index (χ3v) is 7.14. The summed E-state index contributed by atoms with van der Waals surface area (Å²) < 4.78 is 33.5. The fourth-order valence-corrected chi connectivity index (χ4v) is 5.15. The van der Waals surface area contributed by atoms with E-state index in [9.17, 15) is 13.2 Å². The summed E-state index contributed by atoms with van der Waals surface area (Å²) in [6.07, 6.45) is 4.78. The summed E-state index contributed by atoms with van der Waals surface area (Å²) in [5.41, 5.74) is 1.40. The van der Waals surface area contributed by atoms with Gasteiger partial charge in [0.1, 0.15) is 5.76 Å². The van der Waals surface area contributed by atoms with Gasteiger partial charge >= 0.3 is 0 Å². The molecule has 0 saturated carbocycles. The zero-order valence-electron chi connectivity index (χ0n) is 16.7. The molecule has 0 spiro atoms. The summed E-state index contributed by atoms with van der Waals surface area (Å²) in [6.45, 7) is 0.794. The zero-order valence-corrected chi connectivity index (χ0v) is 18.3. The molecule has 10 heteroatoms. The molecule has 0 bridgehead atoms. The second kappa shape index (κ2) is 8.19. The number of amides is 1. The van der Waals surface area contributed by atoms with Gasteiger partial charge in [0.25, 0.3) is 5.91 Å². The Hall–Kier alpha value is -2.72. The summed E-state index contributed by atoms with van der Waals surface area (Å²) in [4.78, 5) is 18.9. The lowest BCUT2D eigenvalue weighted by atomic mass is 10.1. The smallest absolute Gasteiger partial charge is 0.289 e. The molecule has 1 aliphatic heterocycles. The summed E-state index contributed by atoms with van der Waals surface area (Å²) in [5.74, 6) is 1.23. The van der Waals surface area contributed by atoms with Crippen LogP contribution in [0.5, 0.6) is 0 Å². The van der Waals surface area contributed by atoms with Crippen LogP contribution in [0, 0.1) is 0 Å². The summed E-state index contributed by atoms with van der Waals surface area (Å²) >= 11 is 1.52. The lowest BCUT2D eigenvalue weighted by Gasteiger charge is -2.22. The number of fused-ring (bicyclic) bond motifs is 1. The molecule has 2 aromatic heterocycles. The number of sulfonamides is 1. The van der Waals surface area contributed by atoms with E-state index in [1.54, 1.807) is 35.4 Å². The Bertz CT molecular complexity index is 1170. The van der Waals surface area contributed by atoms with Crippen molar-refractivity contribution < 1.29 is 17.6 Å². The van der Waals surface area contributed by atoms with Gasteiger partial charge in [-0.2, -0.15) is 0 Å². The molecule has 0 saturated heterocycles. The second-order valence-corrected chi connectivity index (χ2v) is 9.92. The van der Waals surface area contributed by atoms with Gasteiger partial charge in [0.05, 0.1) is 24.2 Å². The number of aromatic nitrogens is 2. The van der Waals surface area contributed by atoms with Gasteiger partial charge in [-0.05, 0) is 23.8 Å². The predicted octanol–water partition coefficient (Wildman–Crippen LogP) is 2.73. The fourth-order valence-electron chi connectivity index (χ4n) is 3.38. The minimum absolute atomic E-state index is 0.199. The van der Waals surface area contributed by atoms with Crippen LogP contribution in [0.1, 0.15) is 21.9 Å². The SMILES string of the molecule is Cn1ccnc1SCc1ccc(C(=O)N2CCN(S(C)(=O)=O)c3ccccc3C2)o1. The molecule has 0 radical (unpaired) electrons. The third kappa shape index (κ3) is 4.24. The molecule has 8 nitrogen and oxygen atoms in total. The van der Waals surface area contributed by atoms with Crippen LogP contribution in [0.3, 0.4) is 0 Å². The van der Waals surface area contributed by atoms with Gasteiger partial charge in [-0.25, -0.2) is 13.4 Å². The topological polar surface area (TPSA) is 88.7 Å².